The van der Waals surface area contributed by atoms with E-state index in [4.69, 9.17) is 5.11 Å². The fourth-order valence-electron chi connectivity index (χ4n) is 2.27. The molecule has 1 aromatic rings. The zero-order valence-electron chi connectivity index (χ0n) is 10.9. The molecular formula is C13H22N2OS. The van der Waals surface area contributed by atoms with Crippen LogP contribution in [0.3, 0.4) is 0 Å². The first-order valence-electron chi connectivity index (χ1n) is 6.42. The van der Waals surface area contributed by atoms with E-state index in [2.05, 4.69) is 29.1 Å². The van der Waals surface area contributed by atoms with Crippen LogP contribution in [0.5, 0.6) is 0 Å². The lowest BCUT2D eigenvalue weighted by Gasteiger charge is -2.19. The Balaban J connectivity index is 2.02. The third-order valence-electron chi connectivity index (χ3n) is 3.62. The molecule has 0 saturated carbocycles. The van der Waals surface area contributed by atoms with E-state index in [1.54, 1.807) is 11.3 Å². The second kappa shape index (κ2) is 5.46. The molecule has 2 rings (SSSR count). The standard InChI is InChI=1S/C13H22N2OS/c1-9(2)15-5-4-11(6-15)13-14-12(8-17-13)10(3)7-16/h8-11,16H,4-7H2,1-3H3. The summed E-state index contributed by atoms with van der Waals surface area (Å²) in [6, 6.07) is 0.635. The van der Waals surface area contributed by atoms with Gasteiger partial charge in [-0.1, -0.05) is 6.92 Å². The van der Waals surface area contributed by atoms with Crippen LogP contribution >= 0.6 is 11.3 Å². The molecule has 1 aromatic heterocycles. The Hall–Kier alpha value is -0.450. The zero-order valence-corrected chi connectivity index (χ0v) is 11.7. The van der Waals surface area contributed by atoms with Gasteiger partial charge in [-0.25, -0.2) is 4.98 Å². The summed E-state index contributed by atoms with van der Waals surface area (Å²) in [6.45, 7) is 9.04. The minimum absolute atomic E-state index is 0.169. The van der Waals surface area contributed by atoms with Crippen molar-refractivity contribution < 1.29 is 5.11 Å². The molecule has 0 radical (unpaired) electrons. The van der Waals surface area contributed by atoms with Crippen LogP contribution in [0.1, 0.15) is 49.7 Å². The van der Waals surface area contributed by atoms with Crippen LogP contribution in [0.15, 0.2) is 5.38 Å². The van der Waals surface area contributed by atoms with Gasteiger partial charge in [0.25, 0.3) is 0 Å². The first-order chi connectivity index (χ1) is 8.11. The monoisotopic (exact) mass is 254 g/mol. The molecule has 1 N–H and O–H groups in total. The van der Waals surface area contributed by atoms with Gasteiger partial charge in [0.05, 0.1) is 17.3 Å². The summed E-state index contributed by atoms with van der Waals surface area (Å²) in [5.74, 6) is 0.768. The predicted octanol–water partition coefficient (Wildman–Crippen LogP) is 2.44. The van der Waals surface area contributed by atoms with Crippen LogP contribution in [0.2, 0.25) is 0 Å². The van der Waals surface area contributed by atoms with E-state index in [-0.39, 0.29) is 12.5 Å². The highest BCUT2D eigenvalue weighted by Crippen LogP contribution is 2.31. The van der Waals surface area contributed by atoms with Crippen LogP contribution in [0.4, 0.5) is 0 Å². The highest BCUT2D eigenvalue weighted by atomic mass is 32.1. The van der Waals surface area contributed by atoms with Crippen molar-refractivity contribution in [2.45, 2.75) is 45.1 Å². The first kappa shape index (κ1) is 13.0. The fraction of sp³-hybridized carbons (Fsp3) is 0.769. The van der Waals surface area contributed by atoms with E-state index in [1.165, 1.54) is 18.0 Å². The van der Waals surface area contributed by atoms with Gasteiger partial charge < -0.3 is 10.0 Å². The normalized spacial score (nSPS) is 23.5. The Kier molecular flexibility index (Phi) is 4.17. The molecule has 0 bridgehead atoms. The summed E-state index contributed by atoms with van der Waals surface area (Å²) in [6.07, 6.45) is 1.22. The lowest BCUT2D eigenvalue weighted by Crippen LogP contribution is -2.27. The average Bonchev–Trinajstić information content (AvgIpc) is 2.95. The van der Waals surface area contributed by atoms with Crippen molar-refractivity contribution in [3.05, 3.63) is 16.1 Å². The Morgan fingerprint density at radius 3 is 2.88 bits per heavy atom. The largest absolute Gasteiger partial charge is 0.396 e. The summed E-state index contributed by atoms with van der Waals surface area (Å²) in [5.41, 5.74) is 1.05. The first-order valence-corrected chi connectivity index (χ1v) is 7.30. The maximum Gasteiger partial charge on any atom is 0.0972 e. The molecular weight excluding hydrogens is 232 g/mol. The summed E-state index contributed by atoms with van der Waals surface area (Å²) >= 11 is 1.76. The molecule has 1 aliphatic heterocycles. The SMILES string of the molecule is CC(CO)c1csc(C2CCN(C(C)C)C2)n1. The summed E-state index contributed by atoms with van der Waals surface area (Å²) in [4.78, 5) is 7.20. The number of likely N-dealkylation sites (tertiary alicyclic amines) is 1. The van der Waals surface area contributed by atoms with Crippen molar-refractivity contribution in [2.24, 2.45) is 0 Å². The molecule has 4 heteroatoms. The minimum atomic E-state index is 0.169. The van der Waals surface area contributed by atoms with Crippen molar-refractivity contribution in [1.82, 2.24) is 9.88 Å². The van der Waals surface area contributed by atoms with Crippen molar-refractivity contribution >= 4 is 11.3 Å². The molecule has 2 unspecified atom stereocenters. The van der Waals surface area contributed by atoms with Crippen LogP contribution in [0.25, 0.3) is 0 Å². The average molecular weight is 254 g/mol. The number of hydrogen-bond donors (Lipinski definition) is 1. The van der Waals surface area contributed by atoms with E-state index >= 15 is 0 Å². The van der Waals surface area contributed by atoms with Crippen molar-refractivity contribution in [2.75, 3.05) is 19.7 Å². The van der Waals surface area contributed by atoms with Gasteiger partial charge in [-0.2, -0.15) is 0 Å². The minimum Gasteiger partial charge on any atom is -0.396 e. The molecule has 3 nitrogen and oxygen atoms in total. The van der Waals surface area contributed by atoms with Gasteiger partial charge >= 0.3 is 0 Å². The van der Waals surface area contributed by atoms with Crippen LogP contribution in [0, 0.1) is 0 Å². The van der Waals surface area contributed by atoms with E-state index in [9.17, 15) is 0 Å². The number of aromatic nitrogens is 1. The number of thiazole rings is 1. The smallest absolute Gasteiger partial charge is 0.0972 e. The molecule has 0 aliphatic carbocycles. The number of aliphatic hydroxyl groups is 1. The Bertz CT molecular complexity index is 364. The van der Waals surface area contributed by atoms with Crippen molar-refractivity contribution in [1.29, 1.82) is 0 Å². The fourth-order valence-corrected chi connectivity index (χ4v) is 3.34. The molecule has 2 heterocycles. The molecule has 0 aromatic carbocycles. The third-order valence-corrected chi connectivity index (χ3v) is 4.64. The molecule has 0 amide bonds. The van der Waals surface area contributed by atoms with Crippen molar-refractivity contribution in [3.8, 4) is 0 Å². The molecule has 17 heavy (non-hydrogen) atoms. The van der Waals surface area contributed by atoms with Gasteiger partial charge in [0.2, 0.25) is 0 Å². The van der Waals surface area contributed by atoms with E-state index in [1.807, 2.05) is 6.92 Å². The van der Waals surface area contributed by atoms with Crippen LogP contribution in [-0.2, 0) is 0 Å². The quantitative estimate of drug-likeness (QED) is 0.896. The third kappa shape index (κ3) is 2.87. The summed E-state index contributed by atoms with van der Waals surface area (Å²) in [7, 11) is 0. The topological polar surface area (TPSA) is 36.4 Å². The highest BCUT2D eigenvalue weighted by molar-refractivity contribution is 7.09. The lowest BCUT2D eigenvalue weighted by molar-refractivity contribution is 0.270. The molecule has 0 spiro atoms. The van der Waals surface area contributed by atoms with E-state index < -0.39 is 0 Å². The molecule has 1 saturated heterocycles. The summed E-state index contributed by atoms with van der Waals surface area (Å²) in [5, 5.41) is 12.5. The second-order valence-electron chi connectivity index (χ2n) is 5.27. The van der Waals surface area contributed by atoms with E-state index in [0.717, 1.165) is 12.2 Å². The van der Waals surface area contributed by atoms with Gasteiger partial charge in [0.15, 0.2) is 0 Å². The molecule has 96 valence electrons. The van der Waals surface area contributed by atoms with Gasteiger partial charge in [-0.3, -0.25) is 0 Å². The maximum absolute atomic E-state index is 9.13. The van der Waals surface area contributed by atoms with E-state index in [0.29, 0.717) is 12.0 Å². The van der Waals surface area contributed by atoms with Gasteiger partial charge in [0.1, 0.15) is 0 Å². The number of hydrogen-bond acceptors (Lipinski definition) is 4. The van der Waals surface area contributed by atoms with Crippen LogP contribution < -0.4 is 0 Å². The zero-order chi connectivity index (χ0) is 12.4. The maximum atomic E-state index is 9.13. The van der Waals surface area contributed by atoms with Gasteiger partial charge in [-0.05, 0) is 26.8 Å². The van der Waals surface area contributed by atoms with Crippen LogP contribution in [-0.4, -0.2) is 40.7 Å². The second-order valence-corrected chi connectivity index (χ2v) is 6.16. The molecule has 2 atom stereocenters. The molecule has 1 aliphatic rings. The highest BCUT2D eigenvalue weighted by Gasteiger charge is 2.27. The Morgan fingerprint density at radius 1 is 1.53 bits per heavy atom. The number of nitrogens with zero attached hydrogens (tertiary/aromatic N) is 2. The molecule has 1 fully saturated rings. The van der Waals surface area contributed by atoms with Gasteiger partial charge in [0, 0.05) is 29.8 Å². The predicted molar refractivity (Wildman–Crippen MR) is 71.7 cm³/mol. The summed E-state index contributed by atoms with van der Waals surface area (Å²) < 4.78 is 0. The van der Waals surface area contributed by atoms with Crippen molar-refractivity contribution in [3.63, 3.8) is 0 Å². The lowest BCUT2D eigenvalue weighted by atomic mass is 10.1. The number of rotatable bonds is 4. The number of aliphatic hydroxyl groups excluding tert-OH is 1. The Morgan fingerprint density at radius 2 is 2.29 bits per heavy atom. The van der Waals surface area contributed by atoms with Gasteiger partial charge in [-0.15, -0.1) is 11.3 Å². The Labute approximate surface area is 107 Å².